The van der Waals surface area contributed by atoms with Gasteiger partial charge in [0.1, 0.15) is 5.75 Å². The van der Waals surface area contributed by atoms with Crippen LogP contribution in [-0.2, 0) is 11.3 Å². The standard InChI is InChI=1S/C23H28N4O2S/c1-6-27-22(18(5)29-19-10-8-7-9-11-19)25-26-23(27)30-14-20(28)24-21-16(3)12-15(2)13-17(21)4/h7-13,18H,6,14H2,1-5H3,(H,24,28)/t18-/m1/s1. The highest BCUT2D eigenvalue weighted by molar-refractivity contribution is 7.99. The molecule has 0 radical (unpaired) electrons. The molecule has 1 aromatic heterocycles. The van der Waals surface area contributed by atoms with E-state index in [1.807, 2.05) is 62.6 Å². The maximum absolute atomic E-state index is 12.5. The Balaban J connectivity index is 1.65. The van der Waals surface area contributed by atoms with Gasteiger partial charge in [-0.2, -0.15) is 0 Å². The highest BCUT2D eigenvalue weighted by Crippen LogP contribution is 2.26. The molecule has 3 rings (SSSR count). The van der Waals surface area contributed by atoms with Gasteiger partial charge in [0.05, 0.1) is 5.75 Å². The van der Waals surface area contributed by atoms with Crippen LogP contribution in [0.4, 0.5) is 5.69 Å². The van der Waals surface area contributed by atoms with Crippen LogP contribution in [0.2, 0.25) is 0 Å². The molecule has 0 saturated carbocycles. The molecule has 0 aliphatic rings. The number of carbonyl (C=O) groups is 1. The molecular weight excluding hydrogens is 396 g/mol. The quantitative estimate of drug-likeness (QED) is 0.510. The number of hydrogen-bond donors (Lipinski definition) is 1. The predicted octanol–water partition coefficient (Wildman–Crippen LogP) is 5.09. The van der Waals surface area contributed by atoms with Crippen molar-refractivity contribution in [1.29, 1.82) is 0 Å². The van der Waals surface area contributed by atoms with Crippen LogP contribution in [-0.4, -0.2) is 26.4 Å². The fourth-order valence-electron chi connectivity index (χ4n) is 3.44. The summed E-state index contributed by atoms with van der Waals surface area (Å²) in [7, 11) is 0. The molecule has 0 aliphatic carbocycles. The molecule has 158 valence electrons. The number of carbonyl (C=O) groups excluding carboxylic acids is 1. The number of nitrogens with zero attached hydrogens (tertiary/aromatic N) is 3. The van der Waals surface area contributed by atoms with Crippen molar-refractivity contribution in [1.82, 2.24) is 14.8 Å². The van der Waals surface area contributed by atoms with E-state index < -0.39 is 0 Å². The second kappa shape index (κ2) is 9.80. The Morgan fingerprint density at radius 1 is 1.13 bits per heavy atom. The third-order valence-electron chi connectivity index (χ3n) is 4.76. The Morgan fingerprint density at radius 3 is 2.43 bits per heavy atom. The van der Waals surface area contributed by atoms with Crippen molar-refractivity contribution in [3.8, 4) is 5.75 Å². The highest BCUT2D eigenvalue weighted by Gasteiger charge is 2.19. The van der Waals surface area contributed by atoms with E-state index in [1.165, 1.54) is 17.3 Å². The summed E-state index contributed by atoms with van der Waals surface area (Å²) in [5.74, 6) is 1.73. The first kappa shape index (κ1) is 21.9. The summed E-state index contributed by atoms with van der Waals surface area (Å²) < 4.78 is 7.98. The van der Waals surface area contributed by atoms with E-state index in [2.05, 4.69) is 34.6 Å². The number of rotatable bonds is 8. The van der Waals surface area contributed by atoms with Crippen molar-refractivity contribution in [3.05, 3.63) is 65.0 Å². The second-order valence-electron chi connectivity index (χ2n) is 7.27. The fraction of sp³-hybridized carbons (Fsp3) is 0.348. The topological polar surface area (TPSA) is 69.0 Å². The molecule has 0 spiro atoms. The largest absolute Gasteiger partial charge is 0.483 e. The SMILES string of the molecule is CCn1c(SCC(=O)Nc2c(C)cc(C)cc2C)nnc1[C@@H](C)Oc1ccccc1. The highest BCUT2D eigenvalue weighted by atomic mass is 32.2. The molecule has 1 heterocycles. The van der Waals surface area contributed by atoms with Gasteiger partial charge in [0.25, 0.3) is 0 Å². The third kappa shape index (κ3) is 5.21. The van der Waals surface area contributed by atoms with Gasteiger partial charge in [0, 0.05) is 12.2 Å². The van der Waals surface area contributed by atoms with E-state index in [1.54, 1.807) is 0 Å². The third-order valence-corrected chi connectivity index (χ3v) is 5.72. The van der Waals surface area contributed by atoms with Crippen molar-refractivity contribution < 1.29 is 9.53 Å². The minimum Gasteiger partial charge on any atom is -0.483 e. The molecular formula is C23H28N4O2S. The number of aryl methyl sites for hydroxylation is 3. The lowest BCUT2D eigenvalue weighted by molar-refractivity contribution is -0.113. The number of amides is 1. The van der Waals surface area contributed by atoms with Crippen molar-refractivity contribution in [3.63, 3.8) is 0 Å². The van der Waals surface area contributed by atoms with Gasteiger partial charge in [-0.15, -0.1) is 10.2 Å². The first-order valence-corrected chi connectivity index (χ1v) is 11.0. The maximum atomic E-state index is 12.5. The summed E-state index contributed by atoms with van der Waals surface area (Å²) in [5, 5.41) is 12.4. The van der Waals surface area contributed by atoms with Gasteiger partial charge in [0.15, 0.2) is 17.1 Å². The van der Waals surface area contributed by atoms with Gasteiger partial charge in [0.2, 0.25) is 5.91 Å². The van der Waals surface area contributed by atoms with Crippen LogP contribution in [0.15, 0.2) is 47.6 Å². The van der Waals surface area contributed by atoms with Crippen LogP contribution in [0.5, 0.6) is 5.75 Å². The summed E-state index contributed by atoms with van der Waals surface area (Å²) in [4.78, 5) is 12.5. The molecule has 0 aliphatic heterocycles. The number of anilines is 1. The molecule has 3 aromatic rings. The van der Waals surface area contributed by atoms with Crippen molar-refractivity contribution in [2.45, 2.75) is 52.4 Å². The average Bonchev–Trinajstić information content (AvgIpc) is 3.13. The summed E-state index contributed by atoms with van der Waals surface area (Å²) in [6.07, 6.45) is -0.249. The van der Waals surface area contributed by atoms with Gasteiger partial charge in [-0.3, -0.25) is 4.79 Å². The number of benzene rings is 2. The van der Waals surface area contributed by atoms with Crippen LogP contribution < -0.4 is 10.1 Å². The molecule has 1 atom stereocenters. The van der Waals surface area contributed by atoms with E-state index >= 15 is 0 Å². The molecule has 1 N–H and O–H groups in total. The maximum Gasteiger partial charge on any atom is 0.234 e. The summed E-state index contributed by atoms with van der Waals surface area (Å²) in [6, 6.07) is 13.8. The molecule has 0 unspecified atom stereocenters. The number of para-hydroxylation sites is 1. The monoisotopic (exact) mass is 424 g/mol. The van der Waals surface area contributed by atoms with E-state index in [0.717, 1.165) is 28.4 Å². The minimum atomic E-state index is -0.249. The Hall–Kier alpha value is -2.80. The first-order chi connectivity index (χ1) is 14.4. The lowest BCUT2D eigenvalue weighted by Crippen LogP contribution is -2.17. The first-order valence-electron chi connectivity index (χ1n) is 10.0. The molecule has 2 aromatic carbocycles. The lowest BCUT2D eigenvalue weighted by Gasteiger charge is -2.15. The Kier molecular flexibility index (Phi) is 7.15. The number of ether oxygens (including phenoxy) is 1. The van der Waals surface area contributed by atoms with Crippen LogP contribution in [0.3, 0.4) is 0 Å². The molecule has 1 amide bonds. The van der Waals surface area contributed by atoms with Gasteiger partial charge in [-0.25, -0.2) is 0 Å². The molecule has 0 saturated heterocycles. The zero-order valence-electron chi connectivity index (χ0n) is 18.1. The van der Waals surface area contributed by atoms with E-state index in [9.17, 15) is 4.79 Å². The Morgan fingerprint density at radius 2 is 1.80 bits per heavy atom. The molecule has 0 fully saturated rings. The van der Waals surface area contributed by atoms with Crippen molar-refractivity contribution in [2.75, 3.05) is 11.1 Å². The van der Waals surface area contributed by atoms with E-state index in [-0.39, 0.29) is 17.8 Å². The smallest absolute Gasteiger partial charge is 0.234 e. The van der Waals surface area contributed by atoms with E-state index in [0.29, 0.717) is 11.7 Å². The number of nitrogens with one attached hydrogen (secondary N) is 1. The van der Waals surface area contributed by atoms with Crippen LogP contribution in [0, 0.1) is 20.8 Å². The fourth-order valence-corrected chi connectivity index (χ4v) is 4.25. The Bertz CT molecular complexity index is 994. The molecule has 7 heteroatoms. The number of thioether (sulfide) groups is 1. The normalized spacial score (nSPS) is 11.9. The summed E-state index contributed by atoms with van der Waals surface area (Å²) in [5.41, 5.74) is 4.20. The molecule has 30 heavy (non-hydrogen) atoms. The summed E-state index contributed by atoms with van der Waals surface area (Å²) >= 11 is 1.38. The number of hydrogen-bond acceptors (Lipinski definition) is 5. The Labute approximate surface area is 182 Å². The second-order valence-corrected chi connectivity index (χ2v) is 8.21. The lowest BCUT2D eigenvalue weighted by atomic mass is 10.1. The zero-order valence-corrected chi connectivity index (χ0v) is 18.9. The average molecular weight is 425 g/mol. The minimum absolute atomic E-state index is 0.0594. The van der Waals surface area contributed by atoms with Crippen molar-refractivity contribution in [2.24, 2.45) is 0 Å². The van der Waals surface area contributed by atoms with Crippen LogP contribution in [0.1, 0.15) is 42.5 Å². The van der Waals surface area contributed by atoms with E-state index in [4.69, 9.17) is 4.74 Å². The van der Waals surface area contributed by atoms with Gasteiger partial charge >= 0.3 is 0 Å². The van der Waals surface area contributed by atoms with Crippen LogP contribution >= 0.6 is 11.8 Å². The van der Waals surface area contributed by atoms with Crippen LogP contribution in [0.25, 0.3) is 0 Å². The summed E-state index contributed by atoms with van der Waals surface area (Å²) in [6.45, 7) is 10.8. The van der Waals surface area contributed by atoms with Crippen molar-refractivity contribution >= 4 is 23.4 Å². The molecule has 0 bridgehead atoms. The van der Waals surface area contributed by atoms with Gasteiger partial charge in [-0.1, -0.05) is 47.7 Å². The zero-order chi connectivity index (χ0) is 21.7. The molecule has 6 nitrogen and oxygen atoms in total. The van der Waals surface area contributed by atoms with Gasteiger partial charge < -0.3 is 14.6 Å². The number of aromatic nitrogens is 3. The predicted molar refractivity (Wildman–Crippen MR) is 121 cm³/mol. The van der Waals surface area contributed by atoms with Gasteiger partial charge in [-0.05, 0) is 57.9 Å².